The van der Waals surface area contributed by atoms with Gasteiger partial charge in [-0.2, -0.15) is 0 Å². The third-order valence-electron chi connectivity index (χ3n) is 2.61. The average molecular weight is 209 g/mol. The molecule has 1 aliphatic carbocycles. The van der Waals surface area contributed by atoms with Gasteiger partial charge in [-0.1, -0.05) is 18.2 Å². The molecule has 1 aromatic heterocycles. The van der Waals surface area contributed by atoms with Gasteiger partial charge in [0.05, 0.1) is 16.8 Å². The van der Waals surface area contributed by atoms with E-state index in [-0.39, 0.29) is 0 Å². The van der Waals surface area contributed by atoms with Crippen molar-refractivity contribution in [3.05, 3.63) is 47.7 Å². The van der Waals surface area contributed by atoms with Gasteiger partial charge < -0.3 is 0 Å². The second-order valence-electron chi connectivity index (χ2n) is 3.64. The second-order valence-corrected chi connectivity index (χ2v) is 3.64. The van der Waals surface area contributed by atoms with E-state index in [0.717, 1.165) is 10.9 Å². The molecule has 1 aromatic carbocycles. The lowest BCUT2D eigenvalue weighted by Gasteiger charge is -2.08. The summed E-state index contributed by atoms with van der Waals surface area (Å²) in [4.78, 5) is 27.2. The number of pyridine rings is 1. The number of hydrogen-bond donors (Lipinski definition) is 0. The quantitative estimate of drug-likeness (QED) is 0.623. The Bertz CT molecular complexity index is 656. The highest BCUT2D eigenvalue weighted by Crippen LogP contribution is 2.21. The minimum absolute atomic E-state index is 0.395. The van der Waals surface area contributed by atoms with Gasteiger partial charge in [0.25, 0.3) is 0 Å². The van der Waals surface area contributed by atoms with Crippen LogP contribution in [0.5, 0.6) is 0 Å². The van der Waals surface area contributed by atoms with E-state index in [1.54, 1.807) is 12.1 Å². The van der Waals surface area contributed by atoms with Crippen LogP contribution in [0.4, 0.5) is 0 Å². The van der Waals surface area contributed by atoms with Crippen LogP contribution in [-0.2, 0) is 4.79 Å². The summed E-state index contributed by atoms with van der Waals surface area (Å²) in [6.45, 7) is 0. The van der Waals surface area contributed by atoms with Gasteiger partial charge in [0.2, 0.25) is 11.6 Å². The Morgan fingerprint density at radius 3 is 2.69 bits per heavy atom. The van der Waals surface area contributed by atoms with E-state index in [9.17, 15) is 9.59 Å². The van der Waals surface area contributed by atoms with Crippen LogP contribution in [0.2, 0.25) is 0 Å². The van der Waals surface area contributed by atoms with Gasteiger partial charge in [-0.3, -0.25) is 9.59 Å². The molecule has 0 bridgehead atoms. The first-order valence-corrected chi connectivity index (χ1v) is 4.92. The van der Waals surface area contributed by atoms with Crippen LogP contribution < -0.4 is 0 Å². The Hall–Kier alpha value is -2.29. The number of fused-ring (bicyclic) bond motifs is 2. The monoisotopic (exact) mass is 209 g/mol. The van der Waals surface area contributed by atoms with Crippen LogP contribution in [0.1, 0.15) is 16.1 Å². The van der Waals surface area contributed by atoms with Crippen LogP contribution in [0.15, 0.2) is 36.4 Å². The second kappa shape index (κ2) is 3.10. The van der Waals surface area contributed by atoms with E-state index < -0.39 is 11.6 Å². The minimum Gasteiger partial charge on any atom is -0.286 e. The standard InChI is InChI=1S/C13H7NO2/c15-12-6-5-11-9(13(12)16)7-8-3-1-2-4-10(8)14-11/h1-7H. The first-order valence-electron chi connectivity index (χ1n) is 4.92. The molecule has 1 heterocycles. The molecule has 3 nitrogen and oxygen atoms in total. The number of hydrogen-bond acceptors (Lipinski definition) is 3. The van der Waals surface area contributed by atoms with Gasteiger partial charge in [-0.25, -0.2) is 4.98 Å². The molecule has 0 N–H and O–H groups in total. The van der Waals surface area contributed by atoms with Crippen molar-refractivity contribution in [3.63, 3.8) is 0 Å². The molecule has 3 heteroatoms. The van der Waals surface area contributed by atoms with Gasteiger partial charge in [0.1, 0.15) is 0 Å². The number of allylic oxidation sites excluding steroid dienone is 1. The van der Waals surface area contributed by atoms with Crippen molar-refractivity contribution in [2.45, 2.75) is 0 Å². The van der Waals surface area contributed by atoms with E-state index >= 15 is 0 Å². The molecule has 16 heavy (non-hydrogen) atoms. The third-order valence-corrected chi connectivity index (χ3v) is 2.61. The van der Waals surface area contributed by atoms with Crippen LogP contribution in [-0.4, -0.2) is 16.6 Å². The molecule has 0 unspecified atom stereocenters. The normalized spacial score (nSPS) is 14.2. The summed E-state index contributed by atoms with van der Waals surface area (Å²) in [6.07, 6.45) is 2.86. The number of para-hydroxylation sites is 1. The summed E-state index contributed by atoms with van der Waals surface area (Å²) in [5.74, 6) is -0.958. The van der Waals surface area contributed by atoms with Crippen molar-refractivity contribution < 1.29 is 9.59 Å². The lowest BCUT2D eigenvalue weighted by atomic mass is 9.98. The first-order chi connectivity index (χ1) is 7.75. The molecule has 0 aliphatic heterocycles. The van der Waals surface area contributed by atoms with Gasteiger partial charge >= 0.3 is 0 Å². The fourth-order valence-electron chi connectivity index (χ4n) is 1.80. The smallest absolute Gasteiger partial charge is 0.235 e. The number of nitrogens with zero attached hydrogens (tertiary/aromatic N) is 1. The molecule has 1 aliphatic rings. The zero-order valence-electron chi connectivity index (χ0n) is 8.31. The number of rotatable bonds is 0. The van der Waals surface area contributed by atoms with E-state index in [0.29, 0.717) is 11.3 Å². The lowest BCUT2D eigenvalue weighted by molar-refractivity contribution is -0.110. The molecule has 0 fully saturated rings. The van der Waals surface area contributed by atoms with E-state index in [4.69, 9.17) is 0 Å². The fourth-order valence-corrected chi connectivity index (χ4v) is 1.80. The van der Waals surface area contributed by atoms with Gasteiger partial charge in [0.15, 0.2) is 0 Å². The van der Waals surface area contributed by atoms with E-state index in [1.165, 1.54) is 6.08 Å². The predicted octanol–water partition coefficient (Wildman–Crippen LogP) is 2.01. The Labute approximate surface area is 91.4 Å². The zero-order chi connectivity index (χ0) is 11.1. The zero-order valence-corrected chi connectivity index (χ0v) is 8.31. The van der Waals surface area contributed by atoms with E-state index in [2.05, 4.69) is 4.98 Å². The summed E-state index contributed by atoms with van der Waals surface area (Å²) in [7, 11) is 0. The summed E-state index contributed by atoms with van der Waals surface area (Å²) in [5.41, 5.74) is 1.79. The maximum absolute atomic E-state index is 11.6. The van der Waals surface area contributed by atoms with Crippen LogP contribution >= 0.6 is 0 Å². The van der Waals surface area contributed by atoms with Crippen molar-refractivity contribution in [1.82, 2.24) is 4.98 Å². The summed E-state index contributed by atoms with van der Waals surface area (Å²) < 4.78 is 0. The van der Waals surface area contributed by atoms with Crippen molar-refractivity contribution in [1.29, 1.82) is 0 Å². The Kier molecular flexibility index (Phi) is 1.74. The van der Waals surface area contributed by atoms with E-state index in [1.807, 2.05) is 24.3 Å². The van der Waals surface area contributed by atoms with Crippen molar-refractivity contribution in [2.24, 2.45) is 0 Å². The van der Waals surface area contributed by atoms with Gasteiger partial charge in [-0.15, -0.1) is 0 Å². The maximum Gasteiger partial charge on any atom is 0.235 e. The molecule has 0 saturated carbocycles. The van der Waals surface area contributed by atoms with Crippen LogP contribution in [0.25, 0.3) is 17.0 Å². The number of carbonyl (C=O) groups excluding carboxylic acids is 2. The average Bonchev–Trinajstić information content (AvgIpc) is 2.32. The molecule has 0 saturated heterocycles. The first kappa shape index (κ1) is 8.97. The molecule has 0 atom stereocenters. The lowest BCUT2D eigenvalue weighted by Crippen LogP contribution is -2.17. The number of aromatic nitrogens is 1. The molecule has 76 valence electrons. The summed E-state index contributed by atoms with van der Waals surface area (Å²) in [6, 6.07) is 9.24. The highest BCUT2D eigenvalue weighted by molar-refractivity contribution is 6.50. The summed E-state index contributed by atoms with van der Waals surface area (Å²) >= 11 is 0. The van der Waals surface area contributed by atoms with Crippen molar-refractivity contribution in [2.75, 3.05) is 0 Å². The van der Waals surface area contributed by atoms with Gasteiger partial charge in [-0.05, 0) is 24.3 Å². The maximum atomic E-state index is 11.6. The molecule has 2 aromatic rings. The van der Waals surface area contributed by atoms with Crippen LogP contribution in [0.3, 0.4) is 0 Å². The third kappa shape index (κ3) is 1.18. The number of Topliss-reactive ketones (excluding diaryl/α,β-unsaturated/α-hetero) is 1. The Morgan fingerprint density at radius 2 is 1.81 bits per heavy atom. The highest BCUT2D eigenvalue weighted by Gasteiger charge is 2.21. The number of ketones is 2. The Balaban J connectivity index is 2.37. The molecule has 0 radical (unpaired) electrons. The number of benzene rings is 1. The van der Waals surface area contributed by atoms with Crippen molar-refractivity contribution >= 4 is 28.5 Å². The molecular formula is C13H7NO2. The largest absolute Gasteiger partial charge is 0.286 e. The SMILES string of the molecule is O=C1C=Cc2nc3ccccc3cc2C1=O. The predicted molar refractivity (Wildman–Crippen MR) is 60.1 cm³/mol. The highest BCUT2D eigenvalue weighted by atomic mass is 16.2. The number of carbonyl (C=O) groups is 2. The fraction of sp³-hybridized carbons (Fsp3) is 0. The Morgan fingerprint density at radius 1 is 1.00 bits per heavy atom. The molecule has 3 rings (SSSR count). The molecular weight excluding hydrogens is 202 g/mol. The topological polar surface area (TPSA) is 47.0 Å². The van der Waals surface area contributed by atoms with Crippen LogP contribution in [0, 0.1) is 0 Å². The molecule has 0 amide bonds. The van der Waals surface area contributed by atoms with Gasteiger partial charge in [0, 0.05) is 5.39 Å². The minimum atomic E-state index is -0.482. The molecule has 0 spiro atoms. The van der Waals surface area contributed by atoms with Crippen molar-refractivity contribution in [3.8, 4) is 0 Å². The summed E-state index contributed by atoms with van der Waals surface area (Å²) in [5, 5.41) is 0.873.